The van der Waals surface area contributed by atoms with Gasteiger partial charge in [0, 0.05) is 22.3 Å². The largest absolute Gasteiger partial charge is 0.305 e. The highest BCUT2D eigenvalue weighted by atomic mass is 35.5. The fraction of sp³-hybridized carbons (Fsp3) is 0.167. The molecular formula is C30H27ClN2O3S. The van der Waals surface area contributed by atoms with Crippen LogP contribution in [0.5, 0.6) is 0 Å². The molecule has 0 aliphatic carbocycles. The number of fused-ring (bicyclic) bond motifs is 1. The van der Waals surface area contributed by atoms with Crippen LogP contribution < -0.4 is 9.21 Å². The fourth-order valence-corrected chi connectivity index (χ4v) is 6.50. The summed E-state index contributed by atoms with van der Waals surface area (Å²) >= 11 is 6.26. The van der Waals surface area contributed by atoms with E-state index in [1.54, 1.807) is 54.6 Å². The molecule has 1 aliphatic rings. The molecule has 0 N–H and O–H groups in total. The minimum Gasteiger partial charge on any atom is -0.305 e. The van der Waals surface area contributed by atoms with Gasteiger partial charge in [0.2, 0.25) is 0 Å². The molecule has 5 nitrogen and oxygen atoms in total. The number of hydrogen-bond acceptors (Lipinski definition) is 3. The van der Waals surface area contributed by atoms with E-state index >= 15 is 0 Å². The highest BCUT2D eigenvalue weighted by Crippen LogP contribution is 2.34. The van der Waals surface area contributed by atoms with E-state index in [2.05, 4.69) is 6.07 Å². The summed E-state index contributed by atoms with van der Waals surface area (Å²) < 4.78 is 28.8. The van der Waals surface area contributed by atoms with Gasteiger partial charge in [0.05, 0.1) is 17.1 Å². The summed E-state index contributed by atoms with van der Waals surface area (Å²) in [6.07, 6.45) is 0.825. The molecule has 1 heterocycles. The maximum absolute atomic E-state index is 13.7. The van der Waals surface area contributed by atoms with Crippen LogP contribution in [0.4, 0.5) is 11.4 Å². The number of para-hydroxylation sites is 1. The molecule has 4 aromatic rings. The smallest absolute Gasteiger partial charge is 0.264 e. The molecule has 7 heteroatoms. The van der Waals surface area contributed by atoms with Crippen LogP contribution in [0.25, 0.3) is 0 Å². The molecule has 0 unspecified atom stereocenters. The van der Waals surface area contributed by atoms with Crippen molar-refractivity contribution in [1.82, 2.24) is 0 Å². The lowest BCUT2D eigenvalue weighted by atomic mass is 10.1. The minimum atomic E-state index is -3.87. The second kappa shape index (κ2) is 10.0. The first kappa shape index (κ1) is 25.1. The van der Waals surface area contributed by atoms with Gasteiger partial charge in [-0.05, 0) is 79.4 Å². The van der Waals surface area contributed by atoms with E-state index in [1.165, 1.54) is 9.87 Å². The number of carbonyl (C=O) groups excluding carboxylic acids is 1. The average molecular weight is 531 g/mol. The van der Waals surface area contributed by atoms with E-state index in [1.807, 2.05) is 55.1 Å². The van der Waals surface area contributed by atoms with Crippen molar-refractivity contribution >= 4 is 38.9 Å². The number of aryl methyl sites for hydroxylation is 1. The van der Waals surface area contributed by atoms with E-state index in [0.29, 0.717) is 16.3 Å². The molecule has 5 rings (SSSR count). The number of halogens is 1. The van der Waals surface area contributed by atoms with Gasteiger partial charge in [-0.2, -0.15) is 0 Å². The van der Waals surface area contributed by atoms with Crippen LogP contribution in [-0.2, 0) is 23.0 Å². The Bertz CT molecular complexity index is 1550. The maximum Gasteiger partial charge on any atom is 0.264 e. The predicted octanol–water partition coefficient (Wildman–Crippen LogP) is 6.64. The monoisotopic (exact) mass is 530 g/mol. The first-order valence-electron chi connectivity index (χ1n) is 12.1. The topological polar surface area (TPSA) is 57.7 Å². The SMILES string of the molecule is Cc1ccc(Cl)cc1N(Cc1ccc(C(=O)N2c3ccccc3C[C@@H]2C)cc1)S(=O)(=O)c1ccccc1. The third kappa shape index (κ3) is 4.87. The number of benzene rings is 4. The van der Waals surface area contributed by atoms with Crippen LogP contribution in [0.2, 0.25) is 5.02 Å². The second-order valence-corrected chi connectivity index (χ2v) is 11.6. The van der Waals surface area contributed by atoms with Crippen LogP contribution in [0.15, 0.2) is 102 Å². The normalized spacial score (nSPS) is 14.9. The van der Waals surface area contributed by atoms with Crippen LogP contribution in [-0.4, -0.2) is 20.4 Å². The lowest BCUT2D eigenvalue weighted by Gasteiger charge is -2.27. The van der Waals surface area contributed by atoms with Gasteiger partial charge in [-0.25, -0.2) is 8.42 Å². The molecule has 4 aromatic carbocycles. The third-order valence-electron chi connectivity index (χ3n) is 6.72. The number of anilines is 2. The van der Waals surface area contributed by atoms with Gasteiger partial charge in [0.25, 0.3) is 15.9 Å². The number of nitrogens with zero attached hydrogens (tertiary/aromatic N) is 2. The molecule has 0 radical (unpaired) electrons. The standard InChI is InChI=1S/C30H27ClN2O3S/c1-21-12-17-26(31)19-29(21)32(37(35,36)27-9-4-3-5-10-27)20-23-13-15-24(16-14-23)30(34)33-22(2)18-25-8-6-7-11-28(25)33/h3-17,19,22H,18,20H2,1-2H3/t22-/m0/s1. The van der Waals surface area contributed by atoms with Gasteiger partial charge < -0.3 is 4.90 Å². The van der Waals surface area contributed by atoms with Gasteiger partial charge in [-0.1, -0.05) is 66.2 Å². The van der Waals surface area contributed by atoms with Gasteiger partial charge >= 0.3 is 0 Å². The fourth-order valence-electron chi connectivity index (χ4n) is 4.80. The lowest BCUT2D eigenvalue weighted by molar-refractivity contribution is 0.0981. The highest BCUT2D eigenvalue weighted by Gasteiger charge is 2.31. The van der Waals surface area contributed by atoms with Crippen molar-refractivity contribution in [2.24, 2.45) is 0 Å². The Kier molecular flexibility index (Phi) is 6.80. The Morgan fingerprint density at radius 1 is 0.946 bits per heavy atom. The number of hydrogen-bond donors (Lipinski definition) is 0. The number of carbonyl (C=O) groups is 1. The molecule has 0 fully saturated rings. The van der Waals surface area contributed by atoms with Crippen LogP contribution in [0.1, 0.15) is 34.0 Å². The van der Waals surface area contributed by atoms with Gasteiger partial charge in [-0.3, -0.25) is 9.10 Å². The van der Waals surface area contributed by atoms with Crippen molar-refractivity contribution in [2.45, 2.75) is 37.8 Å². The van der Waals surface area contributed by atoms with Crippen molar-refractivity contribution in [3.63, 3.8) is 0 Å². The number of amides is 1. The van der Waals surface area contributed by atoms with Gasteiger partial charge in [0.15, 0.2) is 0 Å². The van der Waals surface area contributed by atoms with Crippen molar-refractivity contribution in [2.75, 3.05) is 9.21 Å². The molecular weight excluding hydrogens is 504 g/mol. The molecule has 0 saturated carbocycles. The van der Waals surface area contributed by atoms with Gasteiger partial charge in [0.1, 0.15) is 0 Å². The molecule has 0 aromatic heterocycles. The van der Waals surface area contributed by atoms with E-state index in [4.69, 9.17) is 11.6 Å². The van der Waals surface area contributed by atoms with Crippen LogP contribution in [0.3, 0.4) is 0 Å². The first-order valence-corrected chi connectivity index (χ1v) is 13.9. The second-order valence-electron chi connectivity index (χ2n) is 9.31. The molecule has 1 aliphatic heterocycles. The number of sulfonamides is 1. The first-order chi connectivity index (χ1) is 17.8. The summed E-state index contributed by atoms with van der Waals surface area (Å²) in [5.74, 6) is -0.0663. The van der Waals surface area contributed by atoms with Crippen molar-refractivity contribution in [1.29, 1.82) is 0 Å². The quantitative estimate of drug-likeness (QED) is 0.281. The lowest BCUT2D eigenvalue weighted by Crippen LogP contribution is -2.35. The summed E-state index contributed by atoms with van der Waals surface area (Å²) in [6.45, 7) is 4.00. The molecule has 1 atom stereocenters. The molecule has 0 saturated heterocycles. The van der Waals surface area contributed by atoms with Crippen molar-refractivity contribution in [3.8, 4) is 0 Å². The zero-order valence-corrected chi connectivity index (χ0v) is 22.2. The Morgan fingerprint density at radius 3 is 2.35 bits per heavy atom. The summed E-state index contributed by atoms with van der Waals surface area (Å²) in [5, 5.41) is 0.454. The third-order valence-corrected chi connectivity index (χ3v) is 8.73. The Labute approximate surface area is 223 Å². The van der Waals surface area contributed by atoms with E-state index < -0.39 is 10.0 Å². The van der Waals surface area contributed by atoms with Gasteiger partial charge in [-0.15, -0.1) is 0 Å². The molecule has 37 heavy (non-hydrogen) atoms. The van der Waals surface area contributed by atoms with Crippen molar-refractivity contribution in [3.05, 3.63) is 124 Å². The summed E-state index contributed by atoms with van der Waals surface area (Å²) in [5.41, 5.74) is 4.73. The van der Waals surface area contributed by atoms with Crippen LogP contribution in [0, 0.1) is 6.92 Å². The Balaban J connectivity index is 1.47. The average Bonchev–Trinajstić information content (AvgIpc) is 3.24. The predicted molar refractivity (Wildman–Crippen MR) is 149 cm³/mol. The Morgan fingerprint density at radius 2 is 1.62 bits per heavy atom. The molecule has 0 spiro atoms. The maximum atomic E-state index is 13.7. The molecule has 188 valence electrons. The highest BCUT2D eigenvalue weighted by molar-refractivity contribution is 7.92. The summed E-state index contributed by atoms with van der Waals surface area (Å²) in [4.78, 5) is 15.4. The Hall–Kier alpha value is -3.61. The molecule has 0 bridgehead atoms. The van der Waals surface area contributed by atoms with E-state index in [9.17, 15) is 13.2 Å². The molecule has 1 amide bonds. The van der Waals surface area contributed by atoms with E-state index in [-0.39, 0.29) is 23.4 Å². The summed E-state index contributed by atoms with van der Waals surface area (Å²) in [6, 6.07) is 28.8. The zero-order chi connectivity index (χ0) is 26.2. The number of rotatable bonds is 6. The summed E-state index contributed by atoms with van der Waals surface area (Å²) in [7, 11) is -3.87. The minimum absolute atomic E-state index is 0.0663. The van der Waals surface area contributed by atoms with Crippen molar-refractivity contribution < 1.29 is 13.2 Å². The zero-order valence-electron chi connectivity index (χ0n) is 20.6. The van der Waals surface area contributed by atoms with E-state index in [0.717, 1.165) is 23.2 Å². The van der Waals surface area contributed by atoms with Crippen LogP contribution >= 0.6 is 11.6 Å².